The fourth-order valence-corrected chi connectivity index (χ4v) is 4.07. The SMILES string of the molecule is Cn1c(SCC(=O)N2CCN(c3ccccc3)CC2)nnc1-c1cccnc1. The smallest absolute Gasteiger partial charge is 0.233 e. The fourth-order valence-electron chi connectivity index (χ4n) is 3.26. The number of anilines is 1. The van der Waals surface area contributed by atoms with Crippen molar-refractivity contribution in [3.63, 3.8) is 0 Å². The van der Waals surface area contributed by atoms with E-state index in [0.29, 0.717) is 5.75 Å². The van der Waals surface area contributed by atoms with E-state index in [1.165, 1.54) is 17.4 Å². The highest BCUT2D eigenvalue weighted by Gasteiger charge is 2.22. The molecule has 0 unspecified atom stereocenters. The highest BCUT2D eigenvalue weighted by atomic mass is 32.2. The third-order valence-electron chi connectivity index (χ3n) is 4.83. The summed E-state index contributed by atoms with van der Waals surface area (Å²) < 4.78 is 1.91. The molecule has 1 saturated heterocycles. The van der Waals surface area contributed by atoms with Crippen molar-refractivity contribution in [3.05, 3.63) is 54.9 Å². The Balaban J connectivity index is 1.31. The number of pyridine rings is 1. The Morgan fingerprint density at radius 3 is 2.54 bits per heavy atom. The first-order chi connectivity index (χ1) is 13.7. The van der Waals surface area contributed by atoms with E-state index in [1.54, 1.807) is 12.4 Å². The van der Waals surface area contributed by atoms with Gasteiger partial charge >= 0.3 is 0 Å². The summed E-state index contributed by atoms with van der Waals surface area (Å²) in [4.78, 5) is 21.0. The minimum absolute atomic E-state index is 0.142. The summed E-state index contributed by atoms with van der Waals surface area (Å²) >= 11 is 1.43. The molecule has 0 N–H and O–H groups in total. The first kappa shape index (κ1) is 18.5. The lowest BCUT2D eigenvalue weighted by molar-refractivity contribution is -0.128. The van der Waals surface area contributed by atoms with Crippen molar-refractivity contribution in [1.29, 1.82) is 0 Å². The van der Waals surface area contributed by atoms with Crippen LogP contribution in [-0.4, -0.2) is 62.5 Å². The number of hydrogen-bond donors (Lipinski definition) is 0. The molecule has 1 fully saturated rings. The van der Waals surface area contributed by atoms with Crippen LogP contribution in [0.5, 0.6) is 0 Å². The number of aromatic nitrogens is 4. The van der Waals surface area contributed by atoms with Gasteiger partial charge in [-0.3, -0.25) is 9.78 Å². The molecule has 1 aliphatic heterocycles. The molecule has 1 aliphatic rings. The molecule has 144 valence electrons. The lowest BCUT2D eigenvalue weighted by Gasteiger charge is -2.36. The van der Waals surface area contributed by atoms with Crippen molar-refractivity contribution in [2.24, 2.45) is 7.05 Å². The Labute approximate surface area is 168 Å². The van der Waals surface area contributed by atoms with Crippen LogP contribution in [0.15, 0.2) is 60.0 Å². The van der Waals surface area contributed by atoms with E-state index in [1.807, 2.05) is 46.8 Å². The molecule has 0 saturated carbocycles. The molecule has 28 heavy (non-hydrogen) atoms. The molecule has 0 bridgehead atoms. The topological polar surface area (TPSA) is 67.2 Å². The van der Waals surface area contributed by atoms with Gasteiger partial charge in [0.15, 0.2) is 11.0 Å². The van der Waals surface area contributed by atoms with Gasteiger partial charge in [0.2, 0.25) is 5.91 Å². The Hall–Kier alpha value is -2.87. The lowest BCUT2D eigenvalue weighted by atomic mass is 10.2. The predicted octanol–water partition coefficient (Wildman–Crippen LogP) is 2.32. The molecular weight excluding hydrogens is 372 g/mol. The van der Waals surface area contributed by atoms with Gasteiger partial charge in [0.1, 0.15) is 0 Å². The molecule has 3 heterocycles. The summed E-state index contributed by atoms with van der Waals surface area (Å²) in [7, 11) is 1.91. The summed E-state index contributed by atoms with van der Waals surface area (Å²) in [6, 6.07) is 14.2. The van der Waals surface area contributed by atoms with Gasteiger partial charge in [-0.25, -0.2) is 0 Å². The first-order valence-corrected chi connectivity index (χ1v) is 10.2. The van der Waals surface area contributed by atoms with Gasteiger partial charge < -0.3 is 14.4 Å². The van der Waals surface area contributed by atoms with Crippen LogP contribution in [0.3, 0.4) is 0 Å². The van der Waals surface area contributed by atoms with E-state index in [-0.39, 0.29) is 5.91 Å². The highest BCUT2D eigenvalue weighted by molar-refractivity contribution is 7.99. The molecule has 0 aliphatic carbocycles. The number of carbonyl (C=O) groups excluding carboxylic acids is 1. The Morgan fingerprint density at radius 2 is 1.82 bits per heavy atom. The Bertz CT molecular complexity index is 922. The van der Waals surface area contributed by atoms with E-state index in [4.69, 9.17) is 0 Å². The summed E-state index contributed by atoms with van der Waals surface area (Å²) in [5.74, 6) is 1.26. The Kier molecular flexibility index (Phi) is 5.57. The molecule has 1 amide bonds. The molecule has 0 spiro atoms. The molecule has 7 nitrogen and oxygen atoms in total. The molecular formula is C20H22N6OS. The number of para-hydroxylation sites is 1. The van der Waals surface area contributed by atoms with Gasteiger partial charge in [-0.1, -0.05) is 30.0 Å². The highest BCUT2D eigenvalue weighted by Crippen LogP contribution is 2.22. The number of hydrogen-bond acceptors (Lipinski definition) is 6. The molecule has 0 atom stereocenters. The van der Waals surface area contributed by atoms with Gasteiger partial charge in [-0.15, -0.1) is 10.2 Å². The van der Waals surface area contributed by atoms with E-state index >= 15 is 0 Å². The van der Waals surface area contributed by atoms with Crippen LogP contribution in [0.4, 0.5) is 5.69 Å². The standard InChI is InChI=1S/C20H22N6OS/c1-24-19(16-6-5-9-21-14-16)22-23-20(24)28-15-18(27)26-12-10-25(11-13-26)17-7-3-2-4-8-17/h2-9,14H,10-13,15H2,1H3. The molecule has 1 aromatic carbocycles. The number of carbonyl (C=O) groups is 1. The minimum atomic E-state index is 0.142. The zero-order valence-corrected chi connectivity index (χ0v) is 16.5. The van der Waals surface area contributed by atoms with E-state index in [0.717, 1.165) is 42.7 Å². The summed E-state index contributed by atoms with van der Waals surface area (Å²) in [6.45, 7) is 3.20. The number of thioether (sulfide) groups is 1. The van der Waals surface area contributed by atoms with Gasteiger partial charge in [-0.05, 0) is 24.3 Å². The zero-order valence-electron chi connectivity index (χ0n) is 15.7. The zero-order chi connectivity index (χ0) is 19.3. The average Bonchev–Trinajstić information content (AvgIpc) is 3.13. The van der Waals surface area contributed by atoms with Crippen LogP contribution in [0.25, 0.3) is 11.4 Å². The second-order valence-corrected chi connectivity index (χ2v) is 7.54. The van der Waals surface area contributed by atoms with Crippen molar-refractivity contribution < 1.29 is 4.79 Å². The monoisotopic (exact) mass is 394 g/mol. The second kappa shape index (κ2) is 8.43. The minimum Gasteiger partial charge on any atom is -0.368 e. The molecule has 3 aromatic rings. The van der Waals surface area contributed by atoms with E-state index < -0.39 is 0 Å². The maximum absolute atomic E-state index is 12.6. The average molecular weight is 395 g/mol. The summed E-state index contributed by atoms with van der Waals surface area (Å²) in [5, 5.41) is 9.20. The third kappa shape index (κ3) is 4.01. The van der Waals surface area contributed by atoms with Crippen LogP contribution >= 0.6 is 11.8 Å². The molecule has 2 aromatic heterocycles. The fraction of sp³-hybridized carbons (Fsp3) is 0.300. The van der Waals surface area contributed by atoms with Crippen molar-refractivity contribution in [3.8, 4) is 11.4 Å². The largest absolute Gasteiger partial charge is 0.368 e. The Morgan fingerprint density at radius 1 is 1.04 bits per heavy atom. The van der Waals surface area contributed by atoms with Crippen LogP contribution in [0, 0.1) is 0 Å². The van der Waals surface area contributed by atoms with Gasteiger partial charge in [0.25, 0.3) is 0 Å². The summed E-state index contributed by atoms with van der Waals surface area (Å²) in [6.07, 6.45) is 3.49. The van der Waals surface area contributed by atoms with Crippen LogP contribution in [0.1, 0.15) is 0 Å². The molecule has 0 radical (unpaired) electrons. The van der Waals surface area contributed by atoms with Crippen molar-refractivity contribution in [2.75, 3.05) is 36.8 Å². The second-order valence-electron chi connectivity index (χ2n) is 6.60. The van der Waals surface area contributed by atoms with Crippen LogP contribution < -0.4 is 4.90 Å². The normalized spacial score (nSPS) is 14.3. The van der Waals surface area contributed by atoms with Crippen molar-refractivity contribution >= 4 is 23.4 Å². The number of nitrogens with zero attached hydrogens (tertiary/aromatic N) is 6. The first-order valence-electron chi connectivity index (χ1n) is 9.23. The van der Waals surface area contributed by atoms with Gasteiger partial charge in [0.05, 0.1) is 5.75 Å². The predicted molar refractivity (Wildman–Crippen MR) is 110 cm³/mol. The van der Waals surface area contributed by atoms with E-state index in [9.17, 15) is 4.79 Å². The maximum atomic E-state index is 12.6. The quantitative estimate of drug-likeness (QED) is 0.619. The molecule has 8 heteroatoms. The van der Waals surface area contributed by atoms with Crippen LogP contribution in [-0.2, 0) is 11.8 Å². The van der Waals surface area contributed by atoms with Crippen LogP contribution in [0.2, 0.25) is 0 Å². The molecule has 4 rings (SSSR count). The number of rotatable bonds is 5. The number of benzene rings is 1. The van der Waals surface area contributed by atoms with Crippen molar-refractivity contribution in [2.45, 2.75) is 5.16 Å². The van der Waals surface area contributed by atoms with E-state index in [2.05, 4.69) is 32.2 Å². The third-order valence-corrected chi connectivity index (χ3v) is 5.84. The van der Waals surface area contributed by atoms with Gasteiger partial charge in [-0.2, -0.15) is 0 Å². The number of piperazine rings is 1. The lowest BCUT2D eigenvalue weighted by Crippen LogP contribution is -2.49. The van der Waals surface area contributed by atoms with Gasteiger partial charge in [0, 0.05) is 56.9 Å². The summed E-state index contributed by atoms with van der Waals surface area (Å²) in [5.41, 5.74) is 2.12. The maximum Gasteiger partial charge on any atom is 0.233 e. The van der Waals surface area contributed by atoms with Crippen molar-refractivity contribution in [1.82, 2.24) is 24.6 Å². The number of amides is 1.